The van der Waals surface area contributed by atoms with Gasteiger partial charge in [0.05, 0.1) is 37.1 Å². The lowest BCUT2D eigenvalue weighted by atomic mass is 9.85. The molecule has 41 heavy (non-hydrogen) atoms. The van der Waals surface area contributed by atoms with Gasteiger partial charge in [-0.25, -0.2) is 4.90 Å². The van der Waals surface area contributed by atoms with E-state index in [-0.39, 0.29) is 28.0 Å². The lowest BCUT2D eigenvalue weighted by Gasteiger charge is -2.26. The Bertz CT molecular complexity index is 1550. The van der Waals surface area contributed by atoms with Gasteiger partial charge in [-0.1, -0.05) is 45.0 Å². The van der Waals surface area contributed by atoms with Crippen molar-refractivity contribution < 1.29 is 28.6 Å². The van der Waals surface area contributed by atoms with Gasteiger partial charge < -0.3 is 19.9 Å². The second-order valence-electron chi connectivity index (χ2n) is 11.2. The number of ether oxygens (including phenoxy) is 3. The molecule has 5 rings (SSSR count). The van der Waals surface area contributed by atoms with Crippen molar-refractivity contribution in [2.45, 2.75) is 26.2 Å². The maximum absolute atomic E-state index is 13.9. The summed E-state index contributed by atoms with van der Waals surface area (Å²) in [4.78, 5) is 43.0. The highest BCUT2D eigenvalue weighted by Gasteiger charge is 2.37. The molecule has 9 heteroatoms. The van der Waals surface area contributed by atoms with Crippen molar-refractivity contribution in [3.8, 4) is 11.5 Å². The lowest BCUT2D eigenvalue weighted by molar-refractivity contribution is -0.119. The summed E-state index contributed by atoms with van der Waals surface area (Å²) in [6.07, 6.45) is 1.33. The fraction of sp³-hybridized carbons (Fsp3) is 0.344. The minimum Gasteiger partial charge on any atom is -0.494 e. The first-order valence-corrected chi connectivity index (χ1v) is 13.7. The quantitative estimate of drug-likeness (QED) is 0.418. The molecular formula is C32H35N3O6. The fourth-order valence-corrected chi connectivity index (χ4v) is 5.24. The van der Waals surface area contributed by atoms with Crippen LogP contribution < -0.4 is 20.1 Å². The SMILES string of the molecule is COc1c(C(N)=O)cc(C(C)(C)C)cc1N1C(=O)C=C(c2ccc(OCCN3CCOCC3)c3ccccc23)C1=O. The Balaban J connectivity index is 1.49. The first-order chi connectivity index (χ1) is 19.6. The van der Waals surface area contributed by atoms with Crippen LogP contribution in [-0.4, -0.2) is 69.2 Å². The summed E-state index contributed by atoms with van der Waals surface area (Å²) in [7, 11) is 1.38. The van der Waals surface area contributed by atoms with E-state index in [4.69, 9.17) is 19.9 Å². The first kappa shape index (κ1) is 28.3. The van der Waals surface area contributed by atoms with Crippen molar-refractivity contribution in [2.24, 2.45) is 5.73 Å². The Morgan fingerprint density at radius 1 is 1.02 bits per heavy atom. The van der Waals surface area contributed by atoms with E-state index >= 15 is 0 Å². The predicted octanol–water partition coefficient (Wildman–Crippen LogP) is 3.91. The highest BCUT2D eigenvalue weighted by Crippen LogP contribution is 2.42. The molecule has 0 atom stereocenters. The maximum atomic E-state index is 13.9. The number of amides is 3. The number of morpholine rings is 1. The largest absolute Gasteiger partial charge is 0.494 e. The van der Waals surface area contributed by atoms with E-state index < -0.39 is 17.7 Å². The average Bonchev–Trinajstić information content (AvgIpc) is 3.25. The van der Waals surface area contributed by atoms with Crippen molar-refractivity contribution >= 4 is 39.8 Å². The monoisotopic (exact) mass is 557 g/mol. The van der Waals surface area contributed by atoms with Gasteiger partial charge >= 0.3 is 0 Å². The number of fused-ring (bicyclic) bond motifs is 1. The number of rotatable bonds is 8. The van der Waals surface area contributed by atoms with Gasteiger partial charge in [0.25, 0.3) is 17.7 Å². The molecule has 9 nitrogen and oxygen atoms in total. The lowest BCUT2D eigenvalue weighted by Crippen LogP contribution is -2.38. The molecule has 0 aliphatic carbocycles. The van der Waals surface area contributed by atoms with E-state index in [1.54, 1.807) is 12.1 Å². The van der Waals surface area contributed by atoms with Gasteiger partial charge in [0.1, 0.15) is 12.4 Å². The summed E-state index contributed by atoms with van der Waals surface area (Å²) < 4.78 is 17.1. The van der Waals surface area contributed by atoms with E-state index in [9.17, 15) is 14.4 Å². The molecule has 214 valence electrons. The van der Waals surface area contributed by atoms with Crippen LogP contribution in [-0.2, 0) is 19.7 Å². The molecule has 0 aromatic heterocycles. The molecule has 2 aliphatic rings. The van der Waals surface area contributed by atoms with E-state index in [1.165, 1.54) is 13.2 Å². The van der Waals surface area contributed by atoms with E-state index in [1.807, 2.05) is 57.2 Å². The molecule has 1 fully saturated rings. The van der Waals surface area contributed by atoms with Gasteiger partial charge in [0, 0.05) is 31.1 Å². The number of imide groups is 1. The zero-order chi connectivity index (χ0) is 29.3. The Morgan fingerprint density at radius 2 is 1.73 bits per heavy atom. The second kappa shape index (κ2) is 11.3. The number of carbonyl (C=O) groups excluding carboxylic acids is 3. The van der Waals surface area contributed by atoms with Gasteiger partial charge in [-0.15, -0.1) is 0 Å². The summed E-state index contributed by atoms with van der Waals surface area (Å²) >= 11 is 0. The molecule has 2 aliphatic heterocycles. The normalized spacial score (nSPS) is 16.3. The van der Waals surface area contributed by atoms with Crippen LogP contribution in [0.4, 0.5) is 5.69 Å². The van der Waals surface area contributed by atoms with Gasteiger partial charge in [0.2, 0.25) is 0 Å². The number of hydrogen-bond donors (Lipinski definition) is 1. The Labute approximate surface area is 239 Å². The number of nitrogens with zero attached hydrogens (tertiary/aromatic N) is 2. The molecule has 0 spiro atoms. The number of benzene rings is 3. The van der Waals surface area contributed by atoms with Crippen LogP contribution >= 0.6 is 0 Å². The van der Waals surface area contributed by atoms with Crippen molar-refractivity contribution in [3.05, 3.63) is 71.3 Å². The van der Waals surface area contributed by atoms with Crippen molar-refractivity contribution in [1.82, 2.24) is 4.90 Å². The fourth-order valence-electron chi connectivity index (χ4n) is 5.24. The zero-order valence-electron chi connectivity index (χ0n) is 23.9. The molecule has 0 bridgehead atoms. The minimum atomic E-state index is -0.711. The number of nitrogens with two attached hydrogens (primary N) is 1. The van der Waals surface area contributed by atoms with Crippen molar-refractivity contribution in [2.75, 3.05) is 51.5 Å². The minimum absolute atomic E-state index is 0.0794. The van der Waals surface area contributed by atoms with Crippen LogP contribution in [0.25, 0.3) is 16.3 Å². The molecule has 1 saturated heterocycles. The number of anilines is 1. The number of methoxy groups -OCH3 is 1. The number of carbonyl (C=O) groups is 3. The summed E-state index contributed by atoms with van der Waals surface area (Å²) in [5.41, 5.74) is 7.17. The highest BCUT2D eigenvalue weighted by molar-refractivity contribution is 6.45. The second-order valence-corrected chi connectivity index (χ2v) is 11.2. The summed E-state index contributed by atoms with van der Waals surface area (Å²) in [6, 6.07) is 14.7. The Hall–Kier alpha value is -4.21. The molecule has 2 N–H and O–H groups in total. The summed E-state index contributed by atoms with van der Waals surface area (Å²) in [5.74, 6) is -0.967. The molecule has 3 aromatic rings. The van der Waals surface area contributed by atoms with Crippen LogP contribution in [0.2, 0.25) is 0 Å². The molecule has 3 aromatic carbocycles. The van der Waals surface area contributed by atoms with Gasteiger partial charge in [0.15, 0.2) is 5.75 Å². The van der Waals surface area contributed by atoms with Gasteiger partial charge in [-0.3, -0.25) is 19.3 Å². The Morgan fingerprint density at radius 3 is 2.39 bits per heavy atom. The van der Waals surface area contributed by atoms with Gasteiger partial charge in [-0.2, -0.15) is 0 Å². The molecule has 0 unspecified atom stereocenters. The van der Waals surface area contributed by atoms with Crippen LogP contribution in [0.5, 0.6) is 11.5 Å². The average molecular weight is 558 g/mol. The van der Waals surface area contributed by atoms with E-state index in [2.05, 4.69) is 4.90 Å². The first-order valence-electron chi connectivity index (χ1n) is 13.7. The third-order valence-electron chi connectivity index (χ3n) is 7.51. The standard InChI is InChI=1S/C32H35N3O6/c1-32(2,3)20-17-25(30(33)37)29(39-4)26(18-20)35-28(36)19-24(31(35)38)22-9-10-27(23-8-6-5-7-21(22)23)41-16-13-34-11-14-40-15-12-34/h5-10,17-19H,11-16H2,1-4H3,(H2,33,37). The molecular weight excluding hydrogens is 522 g/mol. The Kier molecular flexibility index (Phi) is 7.84. The van der Waals surface area contributed by atoms with Crippen molar-refractivity contribution in [1.29, 1.82) is 0 Å². The molecule has 2 heterocycles. The molecule has 0 radical (unpaired) electrons. The van der Waals surface area contributed by atoms with Crippen molar-refractivity contribution in [3.63, 3.8) is 0 Å². The highest BCUT2D eigenvalue weighted by atomic mass is 16.5. The van der Waals surface area contributed by atoms with Crippen LogP contribution in [0.1, 0.15) is 42.3 Å². The smallest absolute Gasteiger partial charge is 0.266 e. The predicted molar refractivity (Wildman–Crippen MR) is 157 cm³/mol. The molecule has 0 saturated carbocycles. The topological polar surface area (TPSA) is 111 Å². The third-order valence-corrected chi connectivity index (χ3v) is 7.51. The van der Waals surface area contributed by atoms with E-state index in [0.717, 1.165) is 54.1 Å². The van der Waals surface area contributed by atoms with Crippen LogP contribution in [0.15, 0.2) is 54.6 Å². The number of primary amides is 1. The third kappa shape index (κ3) is 5.55. The number of hydrogen-bond acceptors (Lipinski definition) is 7. The maximum Gasteiger partial charge on any atom is 0.266 e. The molecule has 3 amide bonds. The van der Waals surface area contributed by atoms with Gasteiger partial charge in [-0.05, 0) is 46.2 Å². The summed E-state index contributed by atoms with van der Waals surface area (Å²) in [6.45, 7) is 10.4. The zero-order valence-corrected chi connectivity index (χ0v) is 23.9. The van der Waals surface area contributed by atoms with E-state index in [0.29, 0.717) is 17.9 Å². The van der Waals surface area contributed by atoms with Crippen LogP contribution in [0.3, 0.4) is 0 Å². The summed E-state index contributed by atoms with van der Waals surface area (Å²) in [5, 5.41) is 1.63. The van der Waals surface area contributed by atoms with Crippen LogP contribution in [0, 0.1) is 0 Å².